The molecule has 17 heavy (non-hydrogen) atoms. The van der Waals surface area contributed by atoms with Gasteiger partial charge in [-0.15, -0.1) is 0 Å². The van der Waals surface area contributed by atoms with Crippen molar-refractivity contribution in [2.45, 2.75) is 59.6 Å². The standard InChI is InChI=1S/C13H28N2O2/c1-10(2)7-6-8-14-13(17)15(11(3)4)9-12(5)16/h10-12,16H,6-9H2,1-5H3,(H,14,17). The van der Waals surface area contributed by atoms with Crippen molar-refractivity contribution >= 4 is 6.03 Å². The van der Waals surface area contributed by atoms with E-state index in [1.165, 1.54) is 0 Å². The Morgan fingerprint density at radius 2 is 1.82 bits per heavy atom. The number of carbonyl (C=O) groups excluding carboxylic acids is 1. The molecule has 2 amide bonds. The van der Waals surface area contributed by atoms with Gasteiger partial charge in [-0.2, -0.15) is 0 Å². The quantitative estimate of drug-likeness (QED) is 0.675. The van der Waals surface area contributed by atoms with E-state index < -0.39 is 6.10 Å². The smallest absolute Gasteiger partial charge is 0.317 e. The number of aliphatic hydroxyl groups is 1. The van der Waals surface area contributed by atoms with Crippen LogP contribution in [0.15, 0.2) is 0 Å². The highest BCUT2D eigenvalue weighted by molar-refractivity contribution is 5.74. The molecule has 1 atom stereocenters. The van der Waals surface area contributed by atoms with Crippen molar-refractivity contribution in [3.63, 3.8) is 0 Å². The van der Waals surface area contributed by atoms with Gasteiger partial charge in [-0.1, -0.05) is 13.8 Å². The summed E-state index contributed by atoms with van der Waals surface area (Å²) in [6.45, 7) is 11.0. The van der Waals surface area contributed by atoms with Gasteiger partial charge < -0.3 is 15.3 Å². The fourth-order valence-electron chi connectivity index (χ4n) is 1.62. The summed E-state index contributed by atoms with van der Waals surface area (Å²) in [5, 5.41) is 12.2. The van der Waals surface area contributed by atoms with Crippen LogP contribution in [0.4, 0.5) is 4.79 Å². The van der Waals surface area contributed by atoms with Crippen molar-refractivity contribution in [2.24, 2.45) is 5.92 Å². The molecule has 0 aliphatic carbocycles. The summed E-state index contributed by atoms with van der Waals surface area (Å²) < 4.78 is 0. The van der Waals surface area contributed by atoms with Gasteiger partial charge in [0.1, 0.15) is 0 Å². The average molecular weight is 244 g/mol. The van der Waals surface area contributed by atoms with Crippen LogP contribution in [0.1, 0.15) is 47.5 Å². The summed E-state index contributed by atoms with van der Waals surface area (Å²) >= 11 is 0. The molecule has 0 aromatic carbocycles. The lowest BCUT2D eigenvalue weighted by Crippen LogP contribution is -2.47. The monoisotopic (exact) mass is 244 g/mol. The number of hydrogen-bond acceptors (Lipinski definition) is 2. The largest absolute Gasteiger partial charge is 0.392 e. The van der Waals surface area contributed by atoms with Crippen LogP contribution in [0.3, 0.4) is 0 Å². The first-order valence-electron chi connectivity index (χ1n) is 6.57. The molecule has 0 saturated carbocycles. The zero-order valence-electron chi connectivity index (χ0n) is 11.9. The fraction of sp³-hybridized carbons (Fsp3) is 0.923. The van der Waals surface area contributed by atoms with Crippen LogP contribution in [0.5, 0.6) is 0 Å². The Balaban J connectivity index is 3.98. The summed E-state index contributed by atoms with van der Waals surface area (Å²) in [4.78, 5) is 13.5. The van der Waals surface area contributed by atoms with Crippen molar-refractivity contribution < 1.29 is 9.90 Å². The fourth-order valence-corrected chi connectivity index (χ4v) is 1.62. The van der Waals surface area contributed by atoms with Gasteiger partial charge in [-0.05, 0) is 39.5 Å². The maximum absolute atomic E-state index is 11.9. The maximum Gasteiger partial charge on any atom is 0.317 e. The Morgan fingerprint density at radius 3 is 2.24 bits per heavy atom. The molecule has 2 N–H and O–H groups in total. The highest BCUT2D eigenvalue weighted by Gasteiger charge is 2.17. The molecule has 0 saturated heterocycles. The molecule has 0 aromatic heterocycles. The van der Waals surface area contributed by atoms with E-state index in [1.54, 1.807) is 11.8 Å². The number of nitrogens with zero attached hydrogens (tertiary/aromatic N) is 1. The van der Waals surface area contributed by atoms with Crippen molar-refractivity contribution in [1.29, 1.82) is 0 Å². The molecule has 0 rings (SSSR count). The summed E-state index contributed by atoms with van der Waals surface area (Å²) in [7, 11) is 0. The Morgan fingerprint density at radius 1 is 1.24 bits per heavy atom. The summed E-state index contributed by atoms with van der Waals surface area (Å²) in [6, 6.07) is 0.0272. The second kappa shape index (κ2) is 8.34. The topological polar surface area (TPSA) is 52.6 Å². The molecule has 0 radical (unpaired) electrons. The lowest BCUT2D eigenvalue weighted by molar-refractivity contribution is 0.119. The summed E-state index contributed by atoms with van der Waals surface area (Å²) in [5.74, 6) is 0.672. The van der Waals surface area contributed by atoms with E-state index in [0.717, 1.165) is 12.8 Å². The summed E-state index contributed by atoms with van der Waals surface area (Å²) in [6.07, 6.45) is 1.64. The van der Waals surface area contributed by atoms with Crippen LogP contribution in [0, 0.1) is 5.92 Å². The van der Waals surface area contributed by atoms with Crippen LogP contribution in [-0.2, 0) is 0 Å². The third-order valence-electron chi connectivity index (χ3n) is 2.58. The third-order valence-corrected chi connectivity index (χ3v) is 2.58. The van der Waals surface area contributed by atoms with E-state index >= 15 is 0 Å². The predicted molar refractivity (Wildman–Crippen MR) is 71.0 cm³/mol. The molecule has 0 heterocycles. The molecule has 102 valence electrons. The van der Waals surface area contributed by atoms with Crippen LogP contribution in [0.2, 0.25) is 0 Å². The first kappa shape index (κ1) is 16.2. The number of amides is 2. The van der Waals surface area contributed by atoms with Crippen molar-refractivity contribution in [3.8, 4) is 0 Å². The van der Waals surface area contributed by atoms with E-state index in [-0.39, 0.29) is 12.1 Å². The van der Waals surface area contributed by atoms with E-state index in [2.05, 4.69) is 19.2 Å². The van der Waals surface area contributed by atoms with Crippen LogP contribution >= 0.6 is 0 Å². The number of aliphatic hydroxyl groups excluding tert-OH is 1. The lowest BCUT2D eigenvalue weighted by atomic mass is 10.1. The zero-order chi connectivity index (χ0) is 13.4. The third kappa shape index (κ3) is 8.02. The number of carbonyl (C=O) groups is 1. The molecule has 0 aromatic rings. The van der Waals surface area contributed by atoms with Gasteiger partial charge in [0.05, 0.1) is 6.10 Å². The van der Waals surface area contributed by atoms with Gasteiger partial charge in [0.25, 0.3) is 0 Å². The molecule has 0 spiro atoms. The van der Waals surface area contributed by atoms with E-state index in [0.29, 0.717) is 19.0 Å². The molecule has 0 fully saturated rings. The molecule has 0 aliphatic rings. The minimum Gasteiger partial charge on any atom is -0.392 e. The normalized spacial score (nSPS) is 12.9. The lowest BCUT2D eigenvalue weighted by Gasteiger charge is -2.28. The van der Waals surface area contributed by atoms with Gasteiger partial charge in [-0.25, -0.2) is 4.79 Å². The average Bonchev–Trinajstić information content (AvgIpc) is 2.19. The maximum atomic E-state index is 11.9. The molecular formula is C13H28N2O2. The van der Waals surface area contributed by atoms with Crippen LogP contribution < -0.4 is 5.32 Å². The first-order chi connectivity index (χ1) is 7.84. The Labute approximate surface area is 105 Å². The van der Waals surface area contributed by atoms with E-state index in [1.807, 2.05) is 13.8 Å². The van der Waals surface area contributed by atoms with Crippen molar-refractivity contribution in [1.82, 2.24) is 10.2 Å². The van der Waals surface area contributed by atoms with Gasteiger partial charge in [-0.3, -0.25) is 0 Å². The predicted octanol–water partition coefficient (Wildman–Crippen LogP) is 2.22. The second-order valence-corrected chi connectivity index (χ2v) is 5.36. The zero-order valence-corrected chi connectivity index (χ0v) is 11.9. The van der Waals surface area contributed by atoms with Gasteiger partial charge in [0.2, 0.25) is 0 Å². The van der Waals surface area contributed by atoms with Crippen molar-refractivity contribution in [2.75, 3.05) is 13.1 Å². The van der Waals surface area contributed by atoms with Crippen molar-refractivity contribution in [3.05, 3.63) is 0 Å². The Hall–Kier alpha value is -0.770. The first-order valence-corrected chi connectivity index (χ1v) is 6.57. The molecule has 1 unspecified atom stereocenters. The van der Waals surface area contributed by atoms with Crippen LogP contribution in [0.25, 0.3) is 0 Å². The van der Waals surface area contributed by atoms with E-state index in [9.17, 15) is 9.90 Å². The number of rotatable bonds is 7. The van der Waals surface area contributed by atoms with Gasteiger partial charge in [0, 0.05) is 19.1 Å². The van der Waals surface area contributed by atoms with E-state index in [4.69, 9.17) is 0 Å². The SMILES string of the molecule is CC(C)CCCNC(=O)N(CC(C)O)C(C)C. The highest BCUT2D eigenvalue weighted by Crippen LogP contribution is 2.03. The molecule has 4 heteroatoms. The summed E-state index contributed by atoms with van der Waals surface area (Å²) in [5.41, 5.74) is 0. The van der Waals surface area contributed by atoms with Gasteiger partial charge >= 0.3 is 6.03 Å². The number of hydrogen-bond donors (Lipinski definition) is 2. The van der Waals surface area contributed by atoms with Crippen LogP contribution in [-0.4, -0.2) is 41.3 Å². The Kier molecular flexibility index (Phi) is 7.96. The molecule has 4 nitrogen and oxygen atoms in total. The number of nitrogens with one attached hydrogen (secondary N) is 1. The second-order valence-electron chi connectivity index (χ2n) is 5.36. The Bertz CT molecular complexity index is 215. The molecular weight excluding hydrogens is 216 g/mol. The highest BCUT2D eigenvalue weighted by atomic mass is 16.3. The molecule has 0 bridgehead atoms. The number of urea groups is 1. The van der Waals surface area contributed by atoms with Gasteiger partial charge in [0.15, 0.2) is 0 Å². The minimum atomic E-state index is -0.487. The minimum absolute atomic E-state index is 0.0790. The molecule has 0 aliphatic heterocycles.